The molecule has 0 fully saturated rings. The van der Waals surface area contributed by atoms with Gasteiger partial charge in [-0.15, -0.1) is 0 Å². The van der Waals surface area contributed by atoms with E-state index >= 15 is 0 Å². The van der Waals surface area contributed by atoms with Crippen molar-refractivity contribution in [2.24, 2.45) is 0 Å². The SMILES string of the molecule is Cc1cc(CNC(C)(C)C)cc(-n2nc(C)c(Cl)c2C)n1. The molecule has 0 atom stereocenters. The quantitative estimate of drug-likeness (QED) is 0.939. The van der Waals surface area contributed by atoms with E-state index < -0.39 is 0 Å². The number of halogens is 1. The lowest BCUT2D eigenvalue weighted by molar-refractivity contribution is 0.424. The Bertz CT molecular complexity index is 653. The highest BCUT2D eigenvalue weighted by Crippen LogP contribution is 2.22. The van der Waals surface area contributed by atoms with E-state index in [4.69, 9.17) is 11.6 Å². The van der Waals surface area contributed by atoms with E-state index in [0.29, 0.717) is 5.02 Å². The van der Waals surface area contributed by atoms with Gasteiger partial charge in [0.25, 0.3) is 0 Å². The molecule has 0 aliphatic heterocycles. The van der Waals surface area contributed by atoms with Crippen LogP contribution >= 0.6 is 11.6 Å². The van der Waals surface area contributed by atoms with E-state index in [-0.39, 0.29) is 5.54 Å². The molecule has 0 aliphatic carbocycles. The van der Waals surface area contributed by atoms with E-state index in [1.54, 1.807) is 0 Å². The summed E-state index contributed by atoms with van der Waals surface area (Å²) in [4.78, 5) is 4.58. The van der Waals surface area contributed by atoms with Crippen LogP contribution in [0.3, 0.4) is 0 Å². The largest absolute Gasteiger partial charge is 0.308 e. The van der Waals surface area contributed by atoms with Gasteiger partial charge in [0.2, 0.25) is 0 Å². The third-order valence-electron chi connectivity index (χ3n) is 3.24. The number of pyridine rings is 1. The van der Waals surface area contributed by atoms with Crippen molar-refractivity contribution in [3.63, 3.8) is 0 Å². The van der Waals surface area contributed by atoms with Crippen LogP contribution < -0.4 is 5.32 Å². The maximum atomic E-state index is 6.23. The van der Waals surface area contributed by atoms with Crippen LogP contribution in [0.1, 0.15) is 43.4 Å². The third-order valence-corrected chi connectivity index (χ3v) is 3.79. The van der Waals surface area contributed by atoms with Crippen molar-refractivity contribution in [3.05, 3.63) is 39.8 Å². The van der Waals surface area contributed by atoms with E-state index in [1.807, 2.05) is 25.5 Å². The first kappa shape index (κ1) is 16.0. The van der Waals surface area contributed by atoms with Crippen LogP contribution in [-0.2, 0) is 6.54 Å². The summed E-state index contributed by atoms with van der Waals surface area (Å²) < 4.78 is 1.81. The molecule has 0 aromatic carbocycles. The minimum absolute atomic E-state index is 0.0822. The van der Waals surface area contributed by atoms with E-state index in [0.717, 1.165) is 29.4 Å². The number of hydrogen-bond acceptors (Lipinski definition) is 3. The fourth-order valence-electron chi connectivity index (χ4n) is 2.15. The van der Waals surface area contributed by atoms with Crippen LogP contribution in [-0.4, -0.2) is 20.3 Å². The van der Waals surface area contributed by atoms with Crippen molar-refractivity contribution < 1.29 is 0 Å². The summed E-state index contributed by atoms with van der Waals surface area (Å²) in [5, 5.41) is 8.67. The molecule has 0 radical (unpaired) electrons. The maximum Gasteiger partial charge on any atom is 0.154 e. The van der Waals surface area contributed by atoms with E-state index in [2.05, 4.69) is 48.3 Å². The van der Waals surface area contributed by atoms with Gasteiger partial charge < -0.3 is 5.32 Å². The van der Waals surface area contributed by atoms with Gasteiger partial charge in [-0.3, -0.25) is 0 Å². The molecule has 5 heteroatoms. The average molecular weight is 307 g/mol. The summed E-state index contributed by atoms with van der Waals surface area (Å²) in [7, 11) is 0. The minimum atomic E-state index is 0.0822. The molecule has 2 heterocycles. The Morgan fingerprint density at radius 1 is 1.19 bits per heavy atom. The highest BCUT2D eigenvalue weighted by Gasteiger charge is 2.13. The lowest BCUT2D eigenvalue weighted by atomic mass is 10.1. The van der Waals surface area contributed by atoms with Gasteiger partial charge in [0.1, 0.15) is 0 Å². The molecule has 4 nitrogen and oxygen atoms in total. The summed E-state index contributed by atoms with van der Waals surface area (Å²) in [5.41, 5.74) is 3.99. The lowest BCUT2D eigenvalue weighted by Gasteiger charge is -2.21. The van der Waals surface area contributed by atoms with Crippen LogP contribution in [0.2, 0.25) is 5.02 Å². The Labute approximate surface area is 131 Å². The van der Waals surface area contributed by atoms with Gasteiger partial charge in [-0.05, 0) is 59.2 Å². The summed E-state index contributed by atoms with van der Waals surface area (Å²) in [6.07, 6.45) is 0. The van der Waals surface area contributed by atoms with Gasteiger partial charge in [-0.2, -0.15) is 5.10 Å². The van der Waals surface area contributed by atoms with Crippen molar-refractivity contribution in [1.82, 2.24) is 20.1 Å². The zero-order valence-electron chi connectivity index (χ0n) is 13.6. The molecule has 2 aromatic rings. The summed E-state index contributed by atoms with van der Waals surface area (Å²) in [6, 6.07) is 4.15. The maximum absolute atomic E-state index is 6.23. The molecule has 21 heavy (non-hydrogen) atoms. The molecular formula is C16H23ClN4. The molecule has 0 amide bonds. The Kier molecular flexibility index (Phi) is 4.40. The van der Waals surface area contributed by atoms with Crippen molar-refractivity contribution >= 4 is 11.6 Å². The normalized spacial score (nSPS) is 12.0. The van der Waals surface area contributed by atoms with Crippen molar-refractivity contribution in [3.8, 4) is 5.82 Å². The van der Waals surface area contributed by atoms with Gasteiger partial charge in [-0.1, -0.05) is 11.6 Å². The number of nitrogens with zero attached hydrogens (tertiary/aromatic N) is 3. The Morgan fingerprint density at radius 3 is 2.38 bits per heavy atom. The molecule has 2 rings (SSSR count). The van der Waals surface area contributed by atoms with Gasteiger partial charge in [0.05, 0.1) is 16.4 Å². The first-order valence-electron chi connectivity index (χ1n) is 7.12. The van der Waals surface area contributed by atoms with Crippen LogP contribution in [0.4, 0.5) is 0 Å². The van der Waals surface area contributed by atoms with Crippen LogP contribution in [0.25, 0.3) is 5.82 Å². The molecule has 0 unspecified atom stereocenters. The molecule has 0 aliphatic rings. The predicted octanol–water partition coefficient (Wildman–Crippen LogP) is 3.73. The molecule has 0 bridgehead atoms. The molecular weight excluding hydrogens is 284 g/mol. The standard InChI is InChI=1S/C16H23ClN4/c1-10-7-13(9-18-16(4,5)6)8-14(19-10)21-12(3)15(17)11(2)20-21/h7-8,18H,9H2,1-6H3. The minimum Gasteiger partial charge on any atom is -0.308 e. The second-order valence-electron chi connectivity index (χ2n) is 6.48. The van der Waals surface area contributed by atoms with Gasteiger partial charge >= 0.3 is 0 Å². The monoisotopic (exact) mass is 306 g/mol. The predicted molar refractivity (Wildman–Crippen MR) is 87.2 cm³/mol. The van der Waals surface area contributed by atoms with Crippen LogP contribution in [0.15, 0.2) is 12.1 Å². The topological polar surface area (TPSA) is 42.7 Å². The first-order chi connectivity index (χ1) is 9.67. The van der Waals surface area contributed by atoms with Crippen molar-refractivity contribution in [1.29, 1.82) is 0 Å². The fourth-order valence-corrected chi connectivity index (χ4v) is 2.26. The van der Waals surface area contributed by atoms with Gasteiger partial charge in [-0.25, -0.2) is 9.67 Å². The molecule has 0 spiro atoms. The van der Waals surface area contributed by atoms with Crippen molar-refractivity contribution in [2.45, 2.75) is 53.6 Å². The smallest absolute Gasteiger partial charge is 0.154 e. The Hall–Kier alpha value is -1.39. The van der Waals surface area contributed by atoms with E-state index in [9.17, 15) is 0 Å². The van der Waals surface area contributed by atoms with E-state index in [1.165, 1.54) is 5.56 Å². The molecule has 1 N–H and O–H groups in total. The summed E-state index contributed by atoms with van der Waals surface area (Å²) >= 11 is 6.23. The highest BCUT2D eigenvalue weighted by atomic mass is 35.5. The number of nitrogens with one attached hydrogen (secondary N) is 1. The van der Waals surface area contributed by atoms with Crippen molar-refractivity contribution in [2.75, 3.05) is 0 Å². The zero-order valence-corrected chi connectivity index (χ0v) is 14.3. The number of rotatable bonds is 3. The molecule has 114 valence electrons. The second-order valence-corrected chi connectivity index (χ2v) is 6.85. The fraction of sp³-hybridized carbons (Fsp3) is 0.500. The number of aryl methyl sites for hydroxylation is 2. The third kappa shape index (κ3) is 3.83. The zero-order chi connectivity index (χ0) is 15.8. The molecule has 2 aromatic heterocycles. The number of aromatic nitrogens is 3. The Balaban J connectivity index is 2.37. The molecule has 0 saturated heterocycles. The van der Waals surface area contributed by atoms with Crippen LogP contribution in [0, 0.1) is 20.8 Å². The summed E-state index contributed by atoms with van der Waals surface area (Å²) in [5.74, 6) is 0.813. The van der Waals surface area contributed by atoms with Gasteiger partial charge in [0, 0.05) is 17.8 Å². The second kappa shape index (κ2) is 5.78. The summed E-state index contributed by atoms with van der Waals surface area (Å²) in [6.45, 7) is 13.1. The van der Waals surface area contributed by atoms with Gasteiger partial charge in [0.15, 0.2) is 5.82 Å². The molecule has 0 saturated carbocycles. The first-order valence-corrected chi connectivity index (χ1v) is 7.50. The average Bonchev–Trinajstić information content (AvgIpc) is 2.63. The highest BCUT2D eigenvalue weighted by molar-refractivity contribution is 6.31. The number of hydrogen-bond donors (Lipinski definition) is 1. The van der Waals surface area contributed by atoms with Crippen LogP contribution in [0.5, 0.6) is 0 Å². The lowest BCUT2D eigenvalue weighted by Crippen LogP contribution is -2.35. The Morgan fingerprint density at radius 2 is 1.86 bits per heavy atom.